The molecule has 0 saturated heterocycles. The van der Waals surface area contributed by atoms with E-state index in [0.717, 1.165) is 23.1 Å². The highest BCUT2D eigenvalue weighted by Gasteiger charge is 2.39. The van der Waals surface area contributed by atoms with Gasteiger partial charge in [0.25, 0.3) is 0 Å². The number of carbonyl (C=O) groups excluding carboxylic acids is 4. The van der Waals surface area contributed by atoms with Crippen molar-refractivity contribution in [2.45, 2.75) is 117 Å². The maximum absolute atomic E-state index is 14.9. The van der Waals surface area contributed by atoms with E-state index in [1.54, 1.807) is 53.7 Å². The number of esters is 1. The van der Waals surface area contributed by atoms with Gasteiger partial charge in [-0.2, -0.15) is 0 Å². The van der Waals surface area contributed by atoms with E-state index < -0.39 is 53.2 Å². The molecule has 0 aliphatic carbocycles. The number of unbranched alkanes of at least 4 members (excludes halogenated alkanes) is 1. The third-order valence-corrected chi connectivity index (χ3v) is 7.98. The highest BCUT2D eigenvalue weighted by Crippen LogP contribution is 2.28. The number of carbonyl (C=O) groups is 4. The molecule has 3 unspecified atom stereocenters. The minimum absolute atomic E-state index is 0.0630. The van der Waals surface area contributed by atoms with Crippen LogP contribution in [0.1, 0.15) is 95.2 Å². The Morgan fingerprint density at radius 2 is 1.35 bits per heavy atom. The second kappa shape index (κ2) is 17.9. The van der Waals surface area contributed by atoms with Crippen LogP contribution in [0.4, 0.5) is 4.79 Å². The van der Waals surface area contributed by atoms with Crippen molar-refractivity contribution in [2.24, 2.45) is 0 Å². The monoisotopic (exact) mass is 701 g/mol. The Labute approximate surface area is 302 Å². The second-order valence-electron chi connectivity index (χ2n) is 15.0. The number of hydrogen-bond acceptors (Lipinski definition) is 7. The molecule has 0 spiro atoms. The van der Waals surface area contributed by atoms with Crippen LogP contribution in [0, 0.1) is 13.8 Å². The van der Waals surface area contributed by atoms with Crippen LogP contribution in [0.25, 0.3) is 0 Å². The van der Waals surface area contributed by atoms with Gasteiger partial charge in [0.15, 0.2) is 0 Å². The fourth-order valence-corrected chi connectivity index (χ4v) is 5.58. The molecule has 0 heterocycles. The maximum atomic E-state index is 14.9. The molecule has 0 saturated carbocycles. The fourth-order valence-electron chi connectivity index (χ4n) is 5.58. The number of ether oxygens (including phenoxy) is 2. The van der Waals surface area contributed by atoms with Gasteiger partial charge < -0.3 is 30.1 Å². The van der Waals surface area contributed by atoms with Crippen LogP contribution < -0.4 is 10.6 Å². The van der Waals surface area contributed by atoms with E-state index in [-0.39, 0.29) is 25.1 Å². The topological polar surface area (TPSA) is 134 Å². The largest absolute Gasteiger partial charge is 0.508 e. The molecule has 0 aliphatic rings. The second-order valence-corrected chi connectivity index (χ2v) is 15.0. The first-order valence-electron chi connectivity index (χ1n) is 17.6. The van der Waals surface area contributed by atoms with Gasteiger partial charge in [-0.1, -0.05) is 79.6 Å². The van der Waals surface area contributed by atoms with Crippen molar-refractivity contribution in [1.29, 1.82) is 0 Å². The molecular formula is C41H55N3O7. The first-order chi connectivity index (χ1) is 23.9. The number of aromatic hydroxyl groups is 1. The number of hydrogen-bond donors (Lipinski definition) is 3. The molecular weight excluding hydrogens is 646 g/mol. The van der Waals surface area contributed by atoms with Crippen molar-refractivity contribution in [2.75, 3.05) is 6.54 Å². The minimum atomic E-state index is -1.16. The highest BCUT2D eigenvalue weighted by atomic mass is 16.6. The molecule has 0 radical (unpaired) electrons. The summed E-state index contributed by atoms with van der Waals surface area (Å²) in [6, 6.07) is 18.1. The normalized spacial score (nSPS) is 13.4. The number of aryl methyl sites for hydroxylation is 2. The zero-order chi connectivity index (χ0) is 37.9. The fraction of sp³-hybridized carbons (Fsp3) is 0.463. The van der Waals surface area contributed by atoms with Crippen molar-refractivity contribution in [1.82, 2.24) is 15.5 Å². The molecule has 10 heteroatoms. The van der Waals surface area contributed by atoms with Gasteiger partial charge in [0, 0.05) is 19.4 Å². The van der Waals surface area contributed by atoms with Gasteiger partial charge in [0.05, 0.1) is 0 Å². The zero-order valence-electron chi connectivity index (χ0n) is 31.5. The van der Waals surface area contributed by atoms with Crippen LogP contribution >= 0.6 is 0 Å². The van der Waals surface area contributed by atoms with E-state index in [1.807, 2.05) is 69.3 Å². The van der Waals surface area contributed by atoms with Crippen LogP contribution in [-0.2, 0) is 36.7 Å². The minimum Gasteiger partial charge on any atom is -0.508 e. The van der Waals surface area contributed by atoms with Crippen molar-refractivity contribution in [3.05, 3.63) is 101 Å². The number of rotatable bonds is 14. The lowest BCUT2D eigenvalue weighted by atomic mass is 9.94. The van der Waals surface area contributed by atoms with E-state index in [0.29, 0.717) is 17.5 Å². The lowest BCUT2D eigenvalue weighted by Gasteiger charge is -2.36. The van der Waals surface area contributed by atoms with Gasteiger partial charge >= 0.3 is 12.1 Å². The number of nitrogens with one attached hydrogen (secondary N) is 2. The molecule has 3 N–H and O–H groups in total. The Hall–Kier alpha value is -4.86. The van der Waals surface area contributed by atoms with Crippen molar-refractivity contribution >= 4 is 23.9 Å². The van der Waals surface area contributed by atoms with Crippen LogP contribution in [0.3, 0.4) is 0 Å². The third-order valence-electron chi connectivity index (χ3n) is 7.98. The highest BCUT2D eigenvalue weighted by molar-refractivity contribution is 5.94. The molecule has 3 amide bonds. The summed E-state index contributed by atoms with van der Waals surface area (Å²) in [5.74, 6) is -1.59. The number of phenols is 1. The first-order valence-corrected chi connectivity index (χ1v) is 17.6. The summed E-state index contributed by atoms with van der Waals surface area (Å²) in [6.45, 7) is 16.5. The molecule has 10 nitrogen and oxygen atoms in total. The van der Waals surface area contributed by atoms with Gasteiger partial charge in [0.2, 0.25) is 11.8 Å². The molecule has 3 aromatic carbocycles. The van der Waals surface area contributed by atoms with Crippen molar-refractivity contribution in [3.63, 3.8) is 0 Å². The predicted octanol–water partition coefficient (Wildman–Crippen LogP) is 6.88. The summed E-state index contributed by atoms with van der Waals surface area (Å²) in [5, 5.41) is 15.6. The summed E-state index contributed by atoms with van der Waals surface area (Å²) in [7, 11) is 0. The van der Waals surface area contributed by atoms with E-state index in [4.69, 9.17) is 9.47 Å². The van der Waals surface area contributed by atoms with Gasteiger partial charge in [-0.3, -0.25) is 9.59 Å². The Balaban J connectivity index is 2.15. The summed E-state index contributed by atoms with van der Waals surface area (Å²) < 4.78 is 11.3. The SMILES string of the molecule is CCCCN(C(=O)C(Cc1ccc(O)cc1)NC(=O)OC(C)(C)C)C(C(=O)NC(Cc1ccccc1)C(=O)OC(C)(C)C)c1cc(C)ccc1C. The van der Waals surface area contributed by atoms with Crippen molar-refractivity contribution in [3.8, 4) is 5.75 Å². The molecule has 3 atom stereocenters. The average Bonchev–Trinajstić information content (AvgIpc) is 3.03. The summed E-state index contributed by atoms with van der Waals surface area (Å²) in [4.78, 5) is 57.9. The number of amides is 3. The van der Waals surface area contributed by atoms with E-state index in [2.05, 4.69) is 10.6 Å². The third kappa shape index (κ3) is 13.1. The molecule has 3 rings (SSSR count). The summed E-state index contributed by atoms with van der Waals surface area (Å²) in [6.07, 6.45) is 0.750. The van der Waals surface area contributed by atoms with Gasteiger partial charge in [-0.15, -0.1) is 0 Å². The quantitative estimate of drug-likeness (QED) is 0.156. The van der Waals surface area contributed by atoms with Crippen LogP contribution in [-0.4, -0.2) is 63.7 Å². The summed E-state index contributed by atoms with van der Waals surface area (Å²) in [5.41, 5.74) is 2.14. The maximum Gasteiger partial charge on any atom is 0.408 e. The lowest BCUT2D eigenvalue weighted by Crippen LogP contribution is -2.55. The van der Waals surface area contributed by atoms with Crippen LogP contribution in [0.5, 0.6) is 5.75 Å². The molecule has 0 fully saturated rings. The molecule has 51 heavy (non-hydrogen) atoms. The molecule has 3 aromatic rings. The molecule has 0 aromatic heterocycles. The van der Waals surface area contributed by atoms with E-state index >= 15 is 0 Å². The lowest BCUT2D eigenvalue weighted by molar-refractivity contribution is -0.159. The summed E-state index contributed by atoms with van der Waals surface area (Å²) >= 11 is 0. The standard InChI is InChI=1S/C41H55N3O7/c1-10-11-23-44(37(47)33(43-39(49)51-41(7,8)9)25-30-19-21-31(45)22-20-30)35(32-24-27(2)17-18-28(32)3)36(46)42-34(38(48)50-40(4,5)6)26-29-15-13-12-14-16-29/h12-22,24,33-35,45H,10-11,23,25-26H2,1-9H3,(H,42,46)(H,43,49). The Morgan fingerprint density at radius 1 is 0.765 bits per heavy atom. The molecule has 276 valence electrons. The molecule has 0 bridgehead atoms. The Kier molecular flexibility index (Phi) is 14.2. The number of benzene rings is 3. The Bertz CT molecular complexity index is 1630. The first kappa shape index (κ1) is 40.6. The van der Waals surface area contributed by atoms with Crippen LogP contribution in [0.2, 0.25) is 0 Å². The smallest absolute Gasteiger partial charge is 0.408 e. The molecule has 0 aliphatic heterocycles. The van der Waals surface area contributed by atoms with E-state index in [1.165, 1.54) is 17.0 Å². The van der Waals surface area contributed by atoms with Crippen molar-refractivity contribution < 1.29 is 33.8 Å². The number of nitrogens with zero attached hydrogens (tertiary/aromatic N) is 1. The van der Waals surface area contributed by atoms with Gasteiger partial charge in [0.1, 0.15) is 35.1 Å². The average molecular weight is 702 g/mol. The van der Waals surface area contributed by atoms with Gasteiger partial charge in [-0.05, 0) is 96.2 Å². The Morgan fingerprint density at radius 3 is 1.94 bits per heavy atom. The van der Waals surface area contributed by atoms with E-state index in [9.17, 15) is 24.3 Å². The predicted molar refractivity (Wildman–Crippen MR) is 198 cm³/mol. The number of phenolic OH excluding ortho intramolecular Hbond substituents is 1. The van der Waals surface area contributed by atoms with Crippen LogP contribution in [0.15, 0.2) is 72.8 Å². The zero-order valence-corrected chi connectivity index (χ0v) is 31.5. The number of alkyl carbamates (subject to hydrolysis) is 1. The van der Waals surface area contributed by atoms with Gasteiger partial charge in [-0.25, -0.2) is 9.59 Å².